The Bertz CT molecular complexity index is 197. The van der Waals surface area contributed by atoms with Crippen molar-refractivity contribution in [2.75, 3.05) is 13.2 Å². The van der Waals surface area contributed by atoms with E-state index in [0.29, 0.717) is 32.5 Å². The molecule has 0 aliphatic rings. The largest absolute Gasteiger partial charge is 0.381 e. The predicted molar refractivity (Wildman–Crippen MR) is 59.8 cm³/mol. The summed E-state index contributed by atoms with van der Waals surface area (Å²) in [5, 5.41) is 0. The van der Waals surface area contributed by atoms with Gasteiger partial charge >= 0.3 is 0 Å². The normalized spacial score (nSPS) is 10.7. The molecule has 88 valence electrons. The van der Waals surface area contributed by atoms with Gasteiger partial charge in [-0.1, -0.05) is 20.8 Å². The predicted octanol–water partition coefficient (Wildman–Crippen LogP) is 2.38. The Balaban J connectivity index is 3.45. The molecule has 0 aromatic rings. The summed E-state index contributed by atoms with van der Waals surface area (Å²) in [7, 11) is 0. The maximum Gasteiger partial charge on any atom is 0.135 e. The van der Waals surface area contributed by atoms with Crippen molar-refractivity contribution in [1.29, 1.82) is 0 Å². The fourth-order valence-electron chi connectivity index (χ4n) is 1.11. The van der Waals surface area contributed by atoms with Crippen LogP contribution >= 0.6 is 0 Å². The number of ether oxygens (including phenoxy) is 1. The van der Waals surface area contributed by atoms with Crippen LogP contribution in [0.25, 0.3) is 0 Å². The van der Waals surface area contributed by atoms with Gasteiger partial charge in [-0.25, -0.2) is 0 Å². The van der Waals surface area contributed by atoms with Gasteiger partial charge in [-0.15, -0.1) is 0 Å². The molecule has 3 heteroatoms. The third-order valence-electron chi connectivity index (χ3n) is 2.17. The van der Waals surface area contributed by atoms with Gasteiger partial charge in [0.2, 0.25) is 0 Å². The van der Waals surface area contributed by atoms with Crippen LogP contribution in [-0.2, 0) is 14.3 Å². The Morgan fingerprint density at radius 3 is 2.27 bits per heavy atom. The molecule has 0 radical (unpaired) electrons. The van der Waals surface area contributed by atoms with E-state index in [1.807, 2.05) is 20.8 Å². The average molecular weight is 214 g/mol. The van der Waals surface area contributed by atoms with Gasteiger partial charge < -0.3 is 4.74 Å². The van der Waals surface area contributed by atoms with Crippen molar-refractivity contribution in [3.05, 3.63) is 0 Å². The quantitative estimate of drug-likeness (QED) is 0.553. The van der Waals surface area contributed by atoms with E-state index in [4.69, 9.17) is 4.74 Å². The lowest BCUT2D eigenvalue weighted by Crippen LogP contribution is -2.11. The van der Waals surface area contributed by atoms with E-state index < -0.39 is 0 Å². The van der Waals surface area contributed by atoms with E-state index in [1.54, 1.807) is 0 Å². The number of hydrogen-bond acceptors (Lipinski definition) is 3. The van der Waals surface area contributed by atoms with Gasteiger partial charge in [0, 0.05) is 31.8 Å². The highest BCUT2D eigenvalue weighted by Crippen LogP contribution is 2.03. The van der Waals surface area contributed by atoms with Crippen LogP contribution in [0.2, 0.25) is 0 Å². The van der Waals surface area contributed by atoms with Crippen LogP contribution in [0, 0.1) is 5.92 Å². The fourth-order valence-corrected chi connectivity index (χ4v) is 1.11. The molecule has 0 spiro atoms. The molecular formula is C12H22O3. The van der Waals surface area contributed by atoms with Gasteiger partial charge in [0.05, 0.1) is 6.61 Å². The molecule has 0 rings (SSSR count). The van der Waals surface area contributed by atoms with E-state index in [9.17, 15) is 9.59 Å². The van der Waals surface area contributed by atoms with Gasteiger partial charge in [0.15, 0.2) is 0 Å². The molecule has 0 aromatic carbocycles. The summed E-state index contributed by atoms with van der Waals surface area (Å²) in [5.74, 6) is 0.326. The van der Waals surface area contributed by atoms with Crippen LogP contribution in [0.1, 0.15) is 46.5 Å². The Labute approximate surface area is 92.2 Å². The first kappa shape index (κ1) is 14.3. The lowest BCUT2D eigenvalue weighted by molar-refractivity contribution is -0.126. The molecular weight excluding hydrogens is 192 g/mol. The average Bonchev–Trinajstić information content (AvgIpc) is 2.20. The minimum atomic E-state index is 0.0362. The van der Waals surface area contributed by atoms with Gasteiger partial charge in [0.1, 0.15) is 11.6 Å². The van der Waals surface area contributed by atoms with Crippen molar-refractivity contribution in [2.24, 2.45) is 5.92 Å². The lowest BCUT2D eigenvalue weighted by atomic mass is 10.0. The molecule has 0 fully saturated rings. The van der Waals surface area contributed by atoms with E-state index in [-0.39, 0.29) is 17.5 Å². The number of hydrogen-bond donors (Lipinski definition) is 0. The molecule has 0 aromatic heterocycles. The summed E-state index contributed by atoms with van der Waals surface area (Å²) >= 11 is 0. The molecule has 0 aliphatic heterocycles. The second-order valence-corrected chi connectivity index (χ2v) is 4.02. The first-order valence-electron chi connectivity index (χ1n) is 5.70. The summed E-state index contributed by atoms with van der Waals surface area (Å²) in [6.45, 7) is 6.94. The molecule has 0 saturated heterocycles. The highest BCUT2D eigenvalue weighted by molar-refractivity contribution is 5.86. The van der Waals surface area contributed by atoms with Crippen LogP contribution in [-0.4, -0.2) is 24.8 Å². The summed E-state index contributed by atoms with van der Waals surface area (Å²) < 4.78 is 5.20. The van der Waals surface area contributed by atoms with Crippen molar-refractivity contribution in [1.82, 2.24) is 0 Å². The van der Waals surface area contributed by atoms with Crippen molar-refractivity contribution >= 4 is 11.6 Å². The second-order valence-electron chi connectivity index (χ2n) is 4.02. The zero-order chi connectivity index (χ0) is 11.7. The van der Waals surface area contributed by atoms with Crippen LogP contribution < -0.4 is 0 Å². The Hall–Kier alpha value is -0.700. The van der Waals surface area contributed by atoms with Gasteiger partial charge in [-0.05, 0) is 6.42 Å². The van der Waals surface area contributed by atoms with Crippen molar-refractivity contribution in [3.8, 4) is 0 Å². The minimum absolute atomic E-state index is 0.0362. The number of rotatable bonds is 9. The zero-order valence-corrected chi connectivity index (χ0v) is 10.0. The lowest BCUT2D eigenvalue weighted by Gasteiger charge is -2.04. The smallest absolute Gasteiger partial charge is 0.135 e. The molecule has 0 atom stereocenters. The third kappa shape index (κ3) is 8.30. The Morgan fingerprint density at radius 1 is 1.07 bits per heavy atom. The highest BCUT2D eigenvalue weighted by atomic mass is 16.5. The number of carbonyl (C=O) groups is 2. The summed E-state index contributed by atoms with van der Waals surface area (Å²) in [5.41, 5.74) is 0. The number of ketones is 2. The number of carbonyl (C=O) groups excluding carboxylic acids is 2. The maximum absolute atomic E-state index is 11.3. The standard InChI is InChI=1S/C12H22O3/c1-4-8-15-9-7-11(13)5-6-12(14)10(2)3/h10H,4-9H2,1-3H3. The highest BCUT2D eigenvalue weighted by Gasteiger charge is 2.09. The molecule has 0 N–H and O–H groups in total. The van der Waals surface area contributed by atoms with E-state index in [1.165, 1.54) is 0 Å². The molecule has 0 unspecified atom stereocenters. The monoisotopic (exact) mass is 214 g/mol. The molecule has 0 saturated carbocycles. The first-order chi connectivity index (χ1) is 7.07. The Morgan fingerprint density at radius 2 is 1.73 bits per heavy atom. The molecule has 15 heavy (non-hydrogen) atoms. The fraction of sp³-hybridized carbons (Fsp3) is 0.833. The molecule has 0 aliphatic carbocycles. The van der Waals surface area contributed by atoms with Crippen LogP contribution in [0.4, 0.5) is 0 Å². The molecule has 0 heterocycles. The zero-order valence-electron chi connectivity index (χ0n) is 10.0. The van der Waals surface area contributed by atoms with Crippen molar-refractivity contribution in [3.63, 3.8) is 0 Å². The van der Waals surface area contributed by atoms with Crippen LogP contribution in [0.5, 0.6) is 0 Å². The molecule has 0 bridgehead atoms. The SMILES string of the molecule is CCCOCCC(=O)CCC(=O)C(C)C. The minimum Gasteiger partial charge on any atom is -0.381 e. The maximum atomic E-state index is 11.3. The van der Waals surface area contributed by atoms with E-state index >= 15 is 0 Å². The van der Waals surface area contributed by atoms with Gasteiger partial charge in [0.25, 0.3) is 0 Å². The third-order valence-corrected chi connectivity index (χ3v) is 2.17. The first-order valence-corrected chi connectivity index (χ1v) is 5.70. The summed E-state index contributed by atoms with van der Waals surface area (Å²) in [4.78, 5) is 22.5. The van der Waals surface area contributed by atoms with Crippen LogP contribution in [0.3, 0.4) is 0 Å². The summed E-state index contributed by atoms with van der Waals surface area (Å²) in [6, 6.07) is 0. The molecule has 3 nitrogen and oxygen atoms in total. The van der Waals surface area contributed by atoms with E-state index in [2.05, 4.69) is 0 Å². The van der Waals surface area contributed by atoms with Crippen LogP contribution in [0.15, 0.2) is 0 Å². The summed E-state index contributed by atoms with van der Waals surface area (Å²) in [6.07, 6.45) is 2.15. The van der Waals surface area contributed by atoms with Gasteiger partial charge in [-0.3, -0.25) is 9.59 Å². The molecule has 0 amide bonds. The topological polar surface area (TPSA) is 43.4 Å². The number of Topliss-reactive ketones (excluding diaryl/α,β-unsaturated/α-hetero) is 2. The Kier molecular flexibility index (Phi) is 8.19. The second kappa shape index (κ2) is 8.60. The van der Waals surface area contributed by atoms with Crippen molar-refractivity contribution < 1.29 is 14.3 Å². The van der Waals surface area contributed by atoms with E-state index in [0.717, 1.165) is 6.42 Å². The van der Waals surface area contributed by atoms with Crippen molar-refractivity contribution in [2.45, 2.75) is 46.5 Å². The van der Waals surface area contributed by atoms with Gasteiger partial charge in [-0.2, -0.15) is 0 Å².